The van der Waals surface area contributed by atoms with Crippen LogP contribution >= 0.6 is 0 Å². The van der Waals surface area contributed by atoms with Gasteiger partial charge in [0.25, 0.3) is 0 Å². The van der Waals surface area contributed by atoms with Gasteiger partial charge in [0.15, 0.2) is 0 Å². The summed E-state index contributed by atoms with van der Waals surface area (Å²) >= 11 is 0. The van der Waals surface area contributed by atoms with Gasteiger partial charge in [-0.05, 0) is 121 Å². The van der Waals surface area contributed by atoms with Crippen LogP contribution in [0.4, 0.5) is 0 Å². The molecule has 0 bridgehead atoms. The van der Waals surface area contributed by atoms with Gasteiger partial charge in [0, 0.05) is 11.8 Å². The predicted molar refractivity (Wildman–Crippen MR) is 209 cm³/mol. The molecule has 3 aliphatic rings. The van der Waals surface area contributed by atoms with E-state index in [1.807, 2.05) is 6.08 Å². The van der Waals surface area contributed by atoms with Crippen molar-refractivity contribution in [3.05, 3.63) is 190 Å². The molecule has 8 rings (SSSR count). The van der Waals surface area contributed by atoms with E-state index in [0.717, 1.165) is 12.8 Å². The van der Waals surface area contributed by atoms with Gasteiger partial charge in [0.1, 0.15) is 0 Å². The van der Waals surface area contributed by atoms with Crippen LogP contribution in [0.2, 0.25) is 0 Å². The van der Waals surface area contributed by atoms with Crippen molar-refractivity contribution in [3.63, 3.8) is 0 Å². The smallest absolute Gasteiger partial charge is 0.0134 e. The summed E-state index contributed by atoms with van der Waals surface area (Å²) in [6.45, 7) is 11.1. The number of rotatable bonds is 6. The fraction of sp³-hybridized carbons (Fsp3) is 0.167. The van der Waals surface area contributed by atoms with Crippen molar-refractivity contribution in [2.24, 2.45) is 0 Å². The maximum absolute atomic E-state index is 4.31. The van der Waals surface area contributed by atoms with Crippen molar-refractivity contribution < 1.29 is 0 Å². The van der Waals surface area contributed by atoms with E-state index in [1.165, 1.54) is 82.8 Å². The molecule has 0 aromatic heterocycles. The van der Waals surface area contributed by atoms with E-state index in [0.29, 0.717) is 17.8 Å². The summed E-state index contributed by atoms with van der Waals surface area (Å²) in [4.78, 5) is 0. The highest BCUT2D eigenvalue weighted by atomic mass is 14.3. The zero-order valence-electron chi connectivity index (χ0n) is 28.2. The van der Waals surface area contributed by atoms with Gasteiger partial charge in [-0.2, -0.15) is 0 Å². The lowest BCUT2D eigenvalue weighted by molar-refractivity contribution is 0.716. The van der Waals surface area contributed by atoms with Crippen molar-refractivity contribution >= 4 is 44.8 Å². The largest absolute Gasteiger partial charge is 0.0984 e. The highest BCUT2D eigenvalue weighted by molar-refractivity contribution is 6.11. The Morgan fingerprint density at radius 3 is 2.46 bits per heavy atom. The second-order valence-electron chi connectivity index (χ2n) is 13.8. The molecule has 0 amide bonds. The lowest BCUT2D eigenvalue weighted by Crippen LogP contribution is -2.17. The molecule has 5 aromatic rings. The van der Waals surface area contributed by atoms with Crippen LogP contribution in [-0.4, -0.2) is 0 Å². The van der Waals surface area contributed by atoms with Crippen LogP contribution in [0.25, 0.3) is 44.8 Å². The maximum Gasteiger partial charge on any atom is 0.0134 e. The average molecular weight is 619 g/mol. The first kappa shape index (κ1) is 30.2. The minimum absolute atomic E-state index is 0.378. The van der Waals surface area contributed by atoms with Crippen LogP contribution < -0.4 is 0 Å². The van der Waals surface area contributed by atoms with Gasteiger partial charge in [-0.25, -0.2) is 0 Å². The Morgan fingerprint density at radius 1 is 0.792 bits per heavy atom. The monoisotopic (exact) mass is 618 g/mol. The maximum atomic E-state index is 4.31. The van der Waals surface area contributed by atoms with E-state index in [-0.39, 0.29) is 0 Å². The van der Waals surface area contributed by atoms with Gasteiger partial charge < -0.3 is 0 Å². The Hall–Kier alpha value is -5.20. The molecule has 48 heavy (non-hydrogen) atoms. The standard InChI is InChI=1S/C48H42/c1-5-34(45-30-47-39-20-9-7-17-36(39)25-27-44(47)48-32(3)15-13-23-43(45)48)28-33(4)31(2)14-12-18-37-29-46-38-19-8-6-16-35(38)24-26-42(46)41-22-11-10-21-40(37)41/h5-14,16-17,19-30,32,42,46H,1,15,18H2,2-4H3/b14-12-,33-31+,34-28+/t32?,42?,46-/m1/s1. The number of hydrogen-bond donors (Lipinski definition) is 0. The predicted octanol–water partition coefficient (Wildman–Crippen LogP) is 13.4. The van der Waals surface area contributed by atoms with Crippen LogP contribution in [0.15, 0.2) is 151 Å². The van der Waals surface area contributed by atoms with Gasteiger partial charge in [-0.15, -0.1) is 0 Å². The molecule has 234 valence electrons. The summed E-state index contributed by atoms with van der Waals surface area (Å²) < 4.78 is 0. The lowest BCUT2D eigenvalue weighted by Gasteiger charge is -2.34. The number of allylic oxidation sites excluding steroid dienone is 11. The molecule has 0 radical (unpaired) electrons. The van der Waals surface area contributed by atoms with Gasteiger partial charge >= 0.3 is 0 Å². The topological polar surface area (TPSA) is 0 Å². The van der Waals surface area contributed by atoms with E-state index in [4.69, 9.17) is 0 Å². The Morgan fingerprint density at radius 2 is 1.58 bits per heavy atom. The minimum atomic E-state index is 0.378. The molecule has 0 heterocycles. The summed E-state index contributed by atoms with van der Waals surface area (Å²) in [6, 6.07) is 33.6. The molecule has 0 heteroatoms. The first-order valence-corrected chi connectivity index (χ1v) is 17.4. The molecule has 2 unspecified atom stereocenters. The molecule has 0 aliphatic heterocycles. The third kappa shape index (κ3) is 5.17. The minimum Gasteiger partial charge on any atom is -0.0984 e. The molecule has 0 nitrogen and oxygen atoms in total. The van der Waals surface area contributed by atoms with Gasteiger partial charge in [-0.1, -0.05) is 153 Å². The van der Waals surface area contributed by atoms with E-state index in [9.17, 15) is 0 Å². The second kappa shape index (κ2) is 12.4. The van der Waals surface area contributed by atoms with Crippen LogP contribution in [0.3, 0.4) is 0 Å². The SMILES string of the molecule is C=C\C(=C/C(C)=C(C)/C=C\CC1=C[C@@H]2c3ccccc3C=CC2c2ccccc21)c1cc2c(ccc3ccccc32)c2c1C=CCC2C. The average Bonchev–Trinajstić information content (AvgIpc) is 3.13. The number of hydrogen-bond acceptors (Lipinski definition) is 0. The molecule has 0 saturated carbocycles. The second-order valence-corrected chi connectivity index (χ2v) is 13.8. The Bertz CT molecular complexity index is 2290. The molecule has 5 aromatic carbocycles. The van der Waals surface area contributed by atoms with Crippen molar-refractivity contribution in [1.29, 1.82) is 0 Å². The highest BCUT2D eigenvalue weighted by Gasteiger charge is 2.31. The van der Waals surface area contributed by atoms with Crippen molar-refractivity contribution in [2.75, 3.05) is 0 Å². The number of fused-ring (bicyclic) bond motifs is 10. The molecule has 3 aliphatic carbocycles. The van der Waals surface area contributed by atoms with Crippen molar-refractivity contribution in [2.45, 2.75) is 51.4 Å². The first-order valence-electron chi connectivity index (χ1n) is 17.4. The third-order valence-corrected chi connectivity index (χ3v) is 10.9. The van der Waals surface area contributed by atoms with E-state index < -0.39 is 0 Å². The summed E-state index contributed by atoms with van der Waals surface area (Å²) in [5, 5.41) is 5.30. The summed E-state index contributed by atoms with van der Waals surface area (Å²) in [7, 11) is 0. The molecule has 0 fully saturated rings. The Balaban J connectivity index is 1.14. The van der Waals surface area contributed by atoms with Crippen LogP contribution in [-0.2, 0) is 0 Å². The zero-order chi connectivity index (χ0) is 32.8. The zero-order valence-corrected chi connectivity index (χ0v) is 28.2. The normalized spacial score (nSPS) is 20.2. The summed E-state index contributed by atoms with van der Waals surface area (Å²) in [5.41, 5.74) is 14.8. The van der Waals surface area contributed by atoms with E-state index in [2.05, 4.69) is 167 Å². The lowest BCUT2D eigenvalue weighted by atomic mass is 9.69. The molecule has 0 spiro atoms. The third-order valence-electron chi connectivity index (χ3n) is 10.9. The first-order chi connectivity index (χ1) is 23.5. The van der Waals surface area contributed by atoms with Crippen LogP contribution in [0.1, 0.15) is 90.3 Å². The van der Waals surface area contributed by atoms with Crippen molar-refractivity contribution in [1.82, 2.24) is 0 Å². The van der Waals surface area contributed by atoms with Crippen LogP contribution in [0, 0.1) is 0 Å². The molecular formula is C48H42. The molecule has 3 atom stereocenters. The quantitative estimate of drug-likeness (QED) is 0.131. The van der Waals surface area contributed by atoms with Gasteiger partial charge in [0.2, 0.25) is 0 Å². The fourth-order valence-corrected chi connectivity index (χ4v) is 8.29. The summed E-state index contributed by atoms with van der Waals surface area (Å²) in [6.07, 6.45) is 22.9. The van der Waals surface area contributed by atoms with Crippen LogP contribution in [0.5, 0.6) is 0 Å². The van der Waals surface area contributed by atoms with Gasteiger partial charge in [-0.3, -0.25) is 0 Å². The van der Waals surface area contributed by atoms with E-state index >= 15 is 0 Å². The van der Waals surface area contributed by atoms with E-state index in [1.54, 1.807) is 0 Å². The summed E-state index contributed by atoms with van der Waals surface area (Å²) in [5.74, 6) is 1.24. The fourth-order valence-electron chi connectivity index (χ4n) is 8.29. The highest BCUT2D eigenvalue weighted by Crippen LogP contribution is 2.48. The van der Waals surface area contributed by atoms with Crippen molar-refractivity contribution in [3.8, 4) is 0 Å². The molecule has 0 saturated heterocycles. The molecular weight excluding hydrogens is 577 g/mol. The van der Waals surface area contributed by atoms with Gasteiger partial charge in [0.05, 0.1) is 0 Å². The molecule has 0 N–H and O–H groups in total. The Labute approximate surface area is 285 Å². The Kier molecular flexibility index (Phi) is 7.81. The number of benzene rings is 5.